The third-order valence-electron chi connectivity index (χ3n) is 4.05. The molecule has 2 heterocycles. The molecule has 0 atom stereocenters. The minimum atomic E-state index is -0.263. The molecule has 27 heavy (non-hydrogen) atoms. The summed E-state index contributed by atoms with van der Waals surface area (Å²) in [5, 5.41) is 1.44. The van der Waals surface area contributed by atoms with Crippen LogP contribution in [0.15, 0.2) is 88.1 Å². The van der Waals surface area contributed by atoms with Crippen LogP contribution in [-0.2, 0) is 4.79 Å². The lowest BCUT2D eigenvalue weighted by molar-refractivity contribution is -0.121. The highest BCUT2D eigenvalue weighted by Gasteiger charge is 2.31. The molecule has 1 N–H and O–H groups in total. The maximum absolute atomic E-state index is 13.0. The van der Waals surface area contributed by atoms with Gasteiger partial charge in [-0.15, -0.1) is 0 Å². The van der Waals surface area contributed by atoms with Gasteiger partial charge in [0.2, 0.25) is 0 Å². The van der Waals surface area contributed by atoms with Crippen molar-refractivity contribution in [2.75, 3.05) is 12.5 Å². The van der Waals surface area contributed by atoms with Gasteiger partial charge in [-0.2, -0.15) is 5.01 Å². The van der Waals surface area contributed by atoms with E-state index in [9.17, 15) is 4.79 Å². The topological polar surface area (TPSA) is 67.1 Å². The molecule has 1 aliphatic heterocycles. The number of hydrogen-bond acceptors (Lipinski definition) is 5. The smallest absolute Gasteiger partial charge is 0.297 e. The molecule has 1 aromatic heterocycles. The number of furan rings is 1. The summed E-state index contributed by atoms with van der Waals surface area (Å²) in [6.45, 7) is 0. The standard InChI is InChI=1S/C21H17N3O3/c1-26-17-11-9-16(10-12-17)23-24-20(15-6-3-2-4-7-15)22-19(21(24)25)14-18-8-5-13-27-18/h2-14,23H,1H3/b19-14-. The number of amidine groups is 1. The molecule has 2 aromatic carbocycles. The van der Waals surface area contributed by atoms with Crippen molar-refractivity contribution in [3.8, 4) is 5.75 Å². The molecule has 134 valence electrons. The number of hydrogen-bond donors (Lipinski definition) is 1. The molecule has 0 aliphatic carbocycles. The summed E-state index contributed by atoms with van der Waals surface area (Å²) in [4.78, 5) is 17.5. The van der Waals surface area contributed by atoms with Gasteiger partial charge in [-0.05, 0) is 36.4 Å². The largest absolute Gasteiger partial charge is 0.497 e. The number of benzene rings is 2. The van der Waals surface area contributed by atoms with Crippen LogP contribution in [0.4, 0.5) is 5.69 Å². The van der Waals surface area contributed by atoms with Crippen molar-refractivity contribution in [1.29, 1.82) is 0 Å². The summed E-state index contributed by atoms with van der Waals surface area (Å²) >= 11 is 0. The third-order valence-corrected chi connectivity index (χ3v) is 4.05. The quantitative estimate of drug-likeness (QED) is 0.701. The lowest BCUT2D eigenvalue weighted by Crippen LogP contribution is -2.37. The molecular formula is C21H17N3O3. The van der Waals surface area contributed by atoms with E-state index in [4.69, 9.17) is 9.15 Å². The van der Waals surface area contributed by atoms with Crippen molar-refractivity contribution < 1.29 is 13.9 Å². The molecule has 4 rings (SSSR count). The van der Waals surface area contributed by atoms with Gasteiger partial charge in [0.25, 0.3) is 5.91 Å². The Morgan fingerprint density at radius 2 is 1.81 bits per heavy atom. The number of aliphatic imine (C=N–C) groups is 1. The number of hydrazine groups is 1. The first-order valence-electron chi connectivity index (χ1n) is 8.39. The molecular weight excluding hydrogens is 342 g/mol. The molecule has 6 nitrogen and oxygen atoms in total. The number of nitrogens with zero attached hydrogens (tertiary/aromatic N) is 2. The second-order valence-electron chi connectivity index (χ2n) is 5.83. The zero-order valence-corrected chi connectivity index (χ0v) is 14.6. The summed E-state index contributed by atoms with van der Waals surface area (Å²) in [7, 11) is 1.61. The number of nitrogens with one attached hydrogen (secondary N) is 1. The predicted molar refractivity (Wildman–Crippen MR) is 103 cm³/mol. The number of methoxy groups -OCH3 is 1. The Morgan fingerprint density at radius 1 is 1.04 bits per heavy atom. The summed E-state index contributed by atoms with van der Waals surface area (Å²) in [6, 6.07) is 20.4. The monoisotopic (exact) mass is 359 g/mol. The fourth-order valence-electron chi connectivity index (χ4n) is 2.70. The first-order chi connectivity index (χ1) is 13.2. The first-order valence-corrected chi connectivity index (χ1v) is 8.39. The van der Waals surface area contributed by atoms with Gasteiger partial charge in [-0.1, -0.05) is 30.3 Å². The second-order valence-corrected chi connectivity index (χ2v) is 5.83. The Balaban J connectivity index is 1.69. The van der Waals surface area contributed by atoms with Crippen molar-refractivity contribution in [3.05, 3.63) is 90.0 Å². The van der Waals surface area contributed by atoms with Crippen molar-refractivity contribution in [2.24, 2.45) is 4.99 Å². The van der Waals surface area contributed by atoms with E-state index in [1.807, 2.05) is 54.6 Å². The van der Waals surface area contributed by atoms with Gasteiger partial charge >= 0.3 is 0 Å². The minimum Gasteiger partial charge on any atom is -0.497 e. The van der Waals surface area contributed by atoms with E-state index in [1.54, 1.807) is 31.6 Å². The summed E-state index contributed by atoms with van der Waals surface area (Å²) < 4.78 is 10.5. The summed E-state index contributed by atoms with van der Waals surface area (Å²) in [5.41, 5.74) is 4.99. The van der Waals surface area contributed by atoms with Crippen LogP contribution in [0.5, 0.6) is 5.75 Å². The van der Waals surface area contributed by atoms with Crippen LogP contribution in [0.1, 0.15) is 11.3 Å². The highest BCUT2D eigenvalue weighted by Crippen LogP contribution is 2.24. The van der Waals surface area contributed by atoms with E-state index in [-0.39, 0.29) is 5.91 Å². The van der Waals surface area contributed by atoms with Crippen molar-refractivity contribution >= 4 is 23.5 Å². The van der Waals surface area contributed by atoms with Gasteiger partial charge in [-0.3, -0.25) is 10.2 Å². The van der Waals surface area contributed by atoms with Gasteiger partial charge in [0.15, 0.2) is 5.84 Å². The van der Waals surface area contributed by atoms with E-state index in [0.29, 0.717) is 17.3 Å². The molecule has 1 aliphatic rings. The Morgan fingerprint density at radius 3 is 2.48 bits per heavy atom. The van der Waals surface area contributed by atoms with Gasteiger partial charge in [0, 0.05) is 11.6 Å². The zero-order valence-electron chi connectivity index (χ0n) is 14.6. The molecule has 0 saturated carbocycles. The molecule has 3 aromatic rings. The predicted octanol–water partition coefficient (Wildman–Crippen LogP) is 3.95. The van der Waals surface area contributed by atoms with E-state index < -0.39 is 0 Å². The Labute approximate surface area is 156 Å². The van der Waals surface area contributed by atoms with Crippen LogP contribution in [0.2, 0.25) is 0 Å². The van der Waals surface area contributed by atoms with Gasteiger partial charge in [0.05, 0.1) is 19.1 Å². The average Bonchev–Trinajstić information content (AvgIpc) is 3.33. The van der Waals surface area contributed by atoms with Crippen LogP contribution >= 0.6 is 0 Å². The third kappa shape index (κ3) is 3.46. The SMILES string of the molecule is COc1ccc(NN2C(=O)/C(=C/c3ccco3)N=C2c2ccccc2)cc1. The van der Waals surface area contributed by atoms with Crippen LogP contribution in [0.25, 0.3) is 6.08 Å². The van der Waals surface area contributed by atoms with Crippen LogP contribution in [-0.4, -0.2) is 23.9 Å². The van der Waals surface area contributed by atoms with Gasteiger partial charge < -0.3 is 9.15 Å². The molecule has 0 radical (unpaired) electrons. The van der Waals surface area contributed by atoms with Gasteiger partial charge in [-0.25, -0.2) is 4.99 Å². The molecule has 0 saturated heterocycles. The van der Waals surface area contributed by atoms with Crippen molar-refractivity contribution in [2.45, 2.75) is 0 Å². The van der Waals surface area contributed by atoms with Crippen LogP contribution in [0, 0.1) is 0 Å². The molecule has 1 amide bonds. The minimum absolute atomic E-state index is 0.263. The molecule has 0 spiro atoms. The normalized spacial score (nSPS) is 15.1. The van der Waals surface area contributed by atoms with Crippen LogP contribution < -0.4 is 10.2 Å². The van der Waals surface area contributed by atoms with Crippen molar-refractivity contribution in [1.82, 2.24) is 5.01 Å². The second kappa shape index (κ2) is 7.21. The number of carbonyl (C=O) groups is 1. The van der Waals surface area contributed by atoms with E-state index >= 15 is 0 Å². The van der Waals surface area contributed by atoms with Crippen molar-refractivity contribution in [3.63, 3.8) is 0 Å². The number of anilines is 1. The molecule has 0 fully saturated rings. The zero-order chi connectivity index (χ0) is 18.6. The first kappa shape index (κ1) is 16.7. The maximum Gasteiger partial charge on any atom is 0.297 e. The van der Waals surface area contributed by atoms with E-state index in [0.717, 1.165) is 17.0 Å². The fraction of sp³-hybridized carbons (Fsp3) is 0.0476. The molecule has 0 unspecified atom stereocenters. The lowest BCUT2D eigenvalue weighted by Gasteiger charge is -2.20. The average molecular weight is 359 g/mol. The summed E-state index contributed by atoms with van der Waals surface area (Å²) in [6.07, 6.45) is 3.18. The molecule has 0 bridgehead atoms. The maximum atomic E-state index is 13.0. The Kier molecular flexibility index (Phi) is 4.45. The lowest BCUT2D eigenvalue weighted by atomic mass is 10.2. The number of ether oxygens (including phenoxy) is 1. The Hall–Kier alpha value is -3.80. The number of carbonyl (C=O) groups excluding carboxylic acids is 1. The van der Waals surface area contributed by atoms with E-state index in [1.165, 1.54) is 5.01 Å². The van der Waals surface area contributed by atoms with Gasteiger partial charge in [0.1, 0.15) is 17.2 Å². The van der Waals surface area contributed by atoms with E-state index in [2.05, 4.69) is 10.4 Å². The fourth-order valence-corrected chi connectivity index (χ4v) is 2.70. The number of amides is 1. The molecule has 6 heteroatoms. The number of rotatable bonds is 5. The highest BCUT2D eigenvalue weighted by atomic mass is 16.5. The Bertz CT molecular complexity index is 991. The highest BCUT2D eigenvalue weighted by molar-refractivity contribution is 6.20. The van der Waals surface area contributed by atoms with Crippen LogP contribution in [0.3, 0.4) is 0 Å². The summed E-state index contributed by atoms with van der Waals surface area (Å²) in [5.74, 6) is 1.57.